The van der Waals surface area contributed by atoms with Gasteiger partial charge in [-0.2, -0.15) is 0 Å². The Labute approximate surface area is 164 Å². The zero-order valence-corrected chi connectivity index (χ0v) is 16.8. The second-order valence-corrected chi connectivity index (χ2v) is 7.29. The van der Waals surface area contributed by atoms with Crippen LogP contribution in [0.15, 0.2) is 58.4 Å². The van der Waals surface area contributed by atoms with Gasteiger partial charge >= 0.3 is 0 Å². The van der Waals surface area contributed by atoms with Gasteiger partial charge in [-0.1, -0.05) is 42.8 Å². The molecule has 1 saturated heterocycles. The molecule has 0 unspecified atom stereocenters. The van der Waals surface area contributed by atoms with E-state index in [0.717, 1.165) is 23.4 Å². The van der Waals surface area contributed by atoms with Crippen LogP contribution in [-0.2, 0) is 4.79 Å². The molecule has 140 valence electrons. The lowest BCUT2D eigenvalue weighted by molar-refractivity contribution is -0.122. The summed E-state index contributed by atoms with van der Waals surface area (Å²) >= 11 is 1.41. The highest BCUT2D eigenvalue weighted by atomic mass is 32.2. The van der Waals surface area contributed by atoms with E-state index in [1.807, 2.05) is 68.5 Å². The van der Waals surface area contributed by atoms with Crippen molar-refractivity contribution in [3.8, 4) is 5.75 Å². The molecule has 1 aliphatic rings. The molecule has 0 aromatic heterocycles. The Balaban J connectivity index is 1.90. The van der Waals surface area contributed by atoms with E-state index in [4.69, 9.17) is 4.74 Å². The van der Waals surface area contributed by atoms with E-state index >= 15 is 0 Å². The van der Waals surface area contributed by atoms with Gasteiger partial charge in [0.1, 0.15) is 5.75 Å². The van der Waals surface area contributed by atoms with Gasteiger partial charge in [-0.3, -0.25) is 9.69 Å². The minimum Gasteiger partial charge on any atom is -0.493 e. The zero-order valence-electron chi connectivity index (χ0n) is 15.9. The predicted octanol–water partition coefficient (Wildman–Crippen LogP) is 5.41. The first-order valence-corrected chi connectivity index (χ1v) is 10.0. The molecule has 1 fully saturated rings. The van der Waals surface area contributed by atoms with E-state index in [2.05, 4.69) is 11.9 Å². The molecule has 4 nitrogen and oxygen atoms in total. The number of aryl methyl sites for hydroxylation is 1. The molecule has 0 radical (unpaired) electrons. The number of aliphatic imine (C=N–C) groups is 1. The lowest BCUT2D eigenvalue weighted by Gasteiger charge is -2.12. The number of nitrogens with zero attached hydrogens (tertiary/aromatic N) is 2. The van der Waals surface area contributed by atoms with Crippen LogP contribution in [0.3, 0.4) is 0 Å². The molecule has 0 N–H and O–H groups in total. The Kier molecular flexibility index (Phi) is 6.35. The third-order valence-electron chi connectivity index (χ3n) is 4.13. The summed E-state index contributed by atoms with van der Waals surface area (Å²) < 4.78 is 5.81. The molecule has 3 rings (SSSR count). The first-order valence-electron chi connectivity index (χ1n) is 9.21. The Morgan fingerprint density at radius 3 is 2.56 bits per heavy atom. The summed E-state index contributed by atoms with van der Waals surface area (Å²) in [5, 5.41) is 0.713. The van der Waals surface area contributed by atoms with Gasteiger partial charge in [0, 0.05) is 12.1 Å². The third kappa shape index (κ3) is 4.61. The van der Waals surface area contributed by atoms with E-state index in [-0.39, 0.29) is 5.91 Å². The van der Waals surface area contributed by atoms with Crippen molar-refractivity contribution < 1.29 is 9.53 Å². The van der Waals surface area contributed by atoms with Crippen LogP contribution in [0.5, 0.6) is 5.75 Å². The summed E-state index contributed by atoms with van der Waals surface area (Å²) in [6.45, 7) is 7.32. The highest BCUT2D eigenvalue weighted by Gasteiger charge is 2.32. The molecular formula is C22H24N2O2S. The maximum Gasteiger partial charge on any atom is 0.266 e. The Morgan fingerprint density at radius 1 is 1.11 bits per heavy atom. The van der Waals surface area contributed by atoms with E-state index in [0.29, 0.717) is 23.2 Å². The first-order chi connectivity index (χ1) is 13.1. The molecule has 2 aromatic rings. The smallest absolute Gasteiger partial charge is 0.266 e. The standard InChI is InChI=1S/C22H24N2O2S/c1-4-14-26-19-9-7-6-8-17(19)15-20-21(25)24(5-2)22(27-20)23-18-12-10-16(3)11-13-18/h6-13,15H,4-5,14H2,1-3H3/b20-15+,23-22?. The van der Waals surface area contributed by atoms with Crippen molar-refractivity contribution >= 4 is 34.6 Å². The van der Waals surface area contributed by atoms with Crippen molar-refractivity contribution in [1.29, 1.82) is 0 Å². The summed E-state index contributed by atoms with van der Waals surface area (Å²) in [6.07, 6.45) is 2.84. The molecule has 1 aliphatic heterocycles. The van der Waals surface area contributed by atoms with Crippen LogP contribution in [0.25, 0.3) is 6.08 Å². The number of carbonyl (C=O) groups is 1. The van der Waals surface area contributed by atoms with Crippen LogP contribution in [-0.4, -0.2) is 29.1 Å². The van der Waals surface area contributed by atoms with Crippen molar-refractivity contribution in [2.75, 3.05) is 13.2 Å². The quantitative estimate of drug-likeness (QED) is 0.630. The lowest BCUT2D eigenvalue weighted by Crippen LogP contribution is -2.28. The van der Waals surface area contributed by atoms with Crippen molar-refractivity contribution in [3.63, 3.8) is 0 Å². The van der Waals surface area contributed by atoms with Crippen molar-refractivity contribution in [1.82, 2.24) is 4.90 Å². The highest BCUT2D eigenvalue weighted by Crippen LogP contribution is 2.35. The van der Waals surface area contributed by atoms with Crippen LogP contribution < -0.4 is 4.74 Å². The average molecular weight is 381 g/mol. The second kappa shape index (κ2) is 8.91. The number of amides is 1. The largest absolute Gasteiger partial charge is 0.493 e. The number of ether oxygens (including phenoxy) is 1. The number of likely N-dealkylation sites (N-methyl/N-ethyl adjacent to an activating group) is 1. The Morgan fingerprint density at radius 2 is 1.85 bits per heavy atom. The summed E-state index contributed by atoms with van der Waals surface area (Å²) in [5.41, 5.74) is 2.95. The van der Waals surface area contributed by atoms with Gasteiger partial charge in [0.25, 0.3) is 5.91 Å². The SMILES string of the molecule is CCCOc1ccccc1/C=C1/SC(=Nc2ccc(C)cc2)N(CC)C1=O. The number of thioether (sulfide) groups is 1. The van der Waals surface area contributed by atoms with E-state index in [1.165, 1.54) is 17.3 Å². The third-order valence-corrected chi connectivity index (χ3v) is 5.14. The normalized spacial score (nSPS) is 17.1. The molecule has 1 amide bonds. The minimum atomic E-state index is -0.0151. The summed E-state index contributed by atoms with van der Waals surface area (Å²) in [5.74, 6) is 0.783. The van der Waals surface area contributed by atoms with E-state index in [9.17, 15) is 4.79 Å². The number of rotatable bonds is 6. The van der Waals surface area contributed by atoms with Gasteiger partial charge in [0.2, 0.25) is 0 Å². The Bertz CT molecular complexity index is 872. The van der Waals surface area contributed by atoms with Gasteiger partial charge in [0.05, 0.1) is 17.2 Å². The van der Waals surface area contributed by atoms with Gasteiger partial charge in [0.15, 0.2) is 5.17 Å². The van der Waals surface area contributed by atoms with E-state index < -0.39 is 0 Å². The molecular weight excluding hydrogens is 356 g/mol. The lowest BCUT2D eigenvalue weighted by atomic mass is 10.2. The van der Waals surface area contributed by atoms with Crippen molar-refractivity contribution in [2.24, 2.45) is 4.99 Å². The molecule has 0 saturated carbocycles. The molecule has 5 heteroatoms. The van der Waals surface area contributed by atoms with Crippen LogP contribution >= 0.6 is 11.8 Å². The predicted molar refractivity (Wildman–Crippen MR) is 113 cm³/mol. The fourth-order valence-corrected chi connectivity index (χ4v) is 3.74. The molecule has 0 bridgehead atoms. The number of benzene rings is 2. The van der Waals surface area contributed by atoms with Crippen LogP contribution in [0.1, 0.15) is 31.4 Å². The van der Waals surface area contributed by atoms with Crippen molar-refractivity contribution in [3.05, 3.63) is 64.6 Å². The number of amidine groups is 1. The van der Waals surface area contributed by atoms with Gasteiger partial charge in [-0.15, -0.1) is 0 Å². The van der Waals surface area contributed by atoms with Crippen LogP contribution in [0, 0.1) is 6.92 Å². The summed E-state index contributed by atoms with van der Waals surface area (Å²) in [4.78, 5) is 19.9. The molecule has 0 aliphatic carbocycles. The maximum atomic E-state index is 12.8. The van der Waals surface area contributed by atoms with Gasteiger partial charge < -0.3 is 4.74 Å². The number of hydrogen-bond acceptors (Lipinski definition) is 4. The molecule has 27 heavy (non-hydrogen) atoms. The average Bonchev–Trinajstić information content (AvgIpc) is 2.97. The molecule has 1 heterocycles. The molecule has 0 spiro atoms. The zero-order chi connectivity index (χ0) is 19.2. The topological polar surface area (TPSA) is 41.9 Å². The second-order valence-electron chi connectivity index (χ2n) is 6.28. The van der Waals surface area contributed by atoms with Crippen molar-refractivity contribution in [2.45, 2.75) is 27.2 Å². The maximum absolute atomic E-state index is 12.8. The number of para-hydroxylation sites is 1. The number of carbonyl (C=O) groups excluding carboxylic acids is 1. The molecule has 2 aromatic carbocycles. The number of hydrogen-bond donors (Lipinski definition) is 0. The molecule has 0 atom stereocenters. The monoisotopic (exact) mass is 380 g/mol. The summed E-state index contributed by atoms with van der Waals surface area (Å²) in [7, 11) is 0. The Hall–Kier alpha value is -2.53. The highest BCUT2D eigenvalue weighted by molar-refractivity contribution is 8.18. The van der Waals surface area contributed by atoms with Crippen LogP contribution in [0.2, 0.25) is 0 Å². The fraction of sp³-hybridized carbons (Fsp3) is 0.273. The van der Waals surface area contributed by atoms with Crippen LogP contribution in [0.4, 0.5) is 5.69 Å². The fourth-order valence-electron chi connectivity index (χ4n) is 2.68. The van der Waals surface area contributed by atoms with Gasteiger partial charge in [-0.05, 0) is 56.3 Å². The minimum absolute atomic E-state index is 0.0151. The first kappa shape index (κ1) is 19.2. The summed E-state index contributed by atoms with van der Waals surface area (Å²) in [6, 6.07) is 15.8. The van der Waals surface area contributed by atoms with E-state index in [1.54, 1.807) is 4.90 Å². The van der Waals surface area contributed by atoms with Gasteiger partial charge in [-0.25, -0.2) is 4.99 Å².